The third-order valence-corrected chi connectivity index (χ3v) is 12.7. The Morgan fingerprint density at radius 3 is 2.08 bits per heavy atom. The van der Waals surface area contributed by atoms with Crippen LogP contribution in [0, 0.1) is 17.8 Å². The second-order valence-corrected chi connectivity index (χ2v) is 16.5. The standard InChI is InChI=1S/C51H56N8O4/c1-5-57(6-2)46(39-15-8-7-9-16-39)50(61)59-31-13-19-44(59)48-53-33-42(55-48)38-27-25-37(26-28-38)36-23-20-35(21-24-36)22-29-40-32-52-47(54-40)43-18-12-30-58(43)49(60)45(56-51(62)63-4)41-17-11-10-14-34(41)3/h7-11,15-17,20-21,23-28,32-34,43-46H,5-6,12-14,18-19,30-31H2,1-4H3,(H,52,54)(H,53,55)(H,56,62)/t34?,43-,44-,45+,46+/m0/s1. The van der Waals surface area contributed by atoms with Crippen LogP contribution in [0.15, 0.2) is 115 Å². The van der Waals surface area contributed by atoms with Crippen molar-refractivity contribution in [2.75, 3.05) is 33.3 Å². The van der Waals surface area contributed by atoms with Gasteiger partial charge in [0.2, 0.25) is 11.8 Å². The van der Waals surface area contributed by atoms with Gasteiger partial charge in [0, 0.05) is 18.7 Å². The first kappa shape index (κ1) is 43.0. The van der Waals surface area contributed by atoms with Crippen LogP contribution < -0.4 is 5.32 Å². The molecular weight excluding hydrogens is 789 g/mol. The maximum Gasteiger partial charge on any atom is 0.407 e. The van der Waals surface area contributed by atoms with E-state index in [-0.39, 0.29) is 35.9 Å². The maximum absolute atomic E-state index is 14.2. The largest absolute Gasteiger partial charge is 0.453 e. The molecule has 0 bridgehead atoms. The molecule has 1 unspecified atom stereocenters. The second kappa shape index (κ2) is 19.6. The molecular formula is C51H56N8O4. The number of aromatic nitrogens is 4. The van der Waals surface area contributed by atoms with Gasteiger partial charge in [-0.15, -0.1) is 0 Å². The molecule has 5 atom stereocenters. The highest BCUT2D eigenvalue weighted by Crippen LogP contribution is 2.37. The van der Waals surface area contributed by atoms with Crippen molar-refractivity contribution >= 4 is 17.9 Å². The first-order valence-corrected chi connectivity index (χ1v) is 22.2. The van der Waals surface area contributed by atoms with Crippen molar-refractivity contribution < 1.29 is 19.1 Å². The zero-order valence-electron chi connectivity index (χ0n) is 36.5. The van der Waals surface area contributed by atoms with Gasteiger partial charge >= 0.3 is 6.09 Å². The number of methoxy groups -OCH3 is 1. The number of hydrogen-bond acceptors (Lipinski definition) is 7. The molecule has 4 heterocycles. The predicted molar refractivity (Wildman–Crippen MR) is 244 cm³/mol. The number of likely N-dealkylation sites (tertiary alicyclic amines) is 2. The number of nitrogens with zero attached hydrogens (tertiary/aromatic N) is 5. The fourth-order valence-corrected chi connectivity index (χ4v) is 9.24. The number of hydrogen-bond donors (Lipinski definition) is 3. The van der Waals surface area contributed by atoms with Crippen molar-refractivity contribution in [2.24, 2.45) is 5.92 Å². The average Bonchev–Trinajstić information content (AvgIpc) is 4.17. The van der Waals surface area contributed by atoms with Gasteiger partial charge in [-0.05, 0) is 97.0 Å². The molecule has 3 aliphatic rings. The number of ether oxygens (including phenoxy) is 1. The molecule has 0 saturated carbocycles. The van der Waals surface area contributed by atoms with E-state index in [9.17, 15) is 14.4 Å². The van der Waals surface area contributed by atoms with Gasteiger partial charge in [0.25, 0.3) is 0 Å². The molecule has 1 aliphatic carbocycles. The Kier molecular flexibility index (Phi) is 13.3. The number of nitrogens with one attached hydrogen (secondary N) is 3. The summed E-state index contributed by atoms with van der Waals surface area (Å²) in [6.07, 6.45) is 13.1. The predicted octanol–water partition coefficient (Wildman–Crippen LogP) is 8.52. The van der Waals surface area contributed by atoms with E-state index in [1.165, 1.54) is 7.11 Å². The van der Waals surface area contributed by atoms with E-state index < -0.39 is 12.1 Å². The molecule has 324 valence electrons. The summed E-state index contributed by atoms with van der Waals surface area (Å²) in [5, 5.41) is 2.79. The molecule has 3 aromatic carbocycles. The molecule has 0 spiro atoms. The van der Waals surface area contributed by atoms with Crippen LogP contribution in [0.5, 0.6) is 0 Å². The van der Waals surface area contributed by atoms with Crippen LogP contribution in [-0.4, -0.2) is 91.9 Å². The Balaban J connectivity index is 0.906. The normalized spacial score (nSPS) is 19.3. The van der Waals surface area contributed by atoms with Crippen molar-refractivity contribution in [2.45, 2.75) is 77.0 Å². The van der Waals surface area contributed by atoms with Crippen LogP contribution in [0.4, 0.5) is 4.79 Å². The zero-order chi connectivity index (χ0) is 43.9. The molecule has 0 radical (unpaired) electrons. The summed E-state index contributed by atoms with van der Waals surface area (Å²) in [6, 6.07) is 25.2. The Morgan fingerprint density at radius 1 is 0.810 bits per heavy atom. The Bertz CT molecular complexity index is 2510. The van der Waals surface area contributed by atoms with Crippen molar-refractivity contribution in [1.82, 2.24) is 40.0 Å². The SMILES string of the molecule is CCN(CC)[C@@H](C(=O)N1CCC[C@H]1c1ncc(-c2ccc(-c3ccc(C#Cc4cnc([C@@H]5CCCN5C(=O)[C@H](NC(=O)OC)C5=CC=CCC5C)[nH]4)cc3)cc2)[nH]1)c1ccccc1. The van der Waals surface area contributed by atoms with Gasteiger partial charge < -0.3 is 29.8 Å². The lowest BCUT2D eigenvalue weighted by molar-refractivity contribution is -0.138. The summed E-state index contributed by atoms with van der Waals surface area (Å²) in [6.45, 7) is 9.14. The van der Waals surface area contributed by atoms with Gasteiger partial charge in [-0.2, -0.15) is 0 Å². The monoisotopic (exact) mass is 844 g/mol. The second-order valence-electron chi connectivity index (χ2n) is 16.5. The first-order chi connectivity index (χ1) is 30.8. The third kappa shape index (κ3) is 9.39. The summed E-state index contributed by atoms with van der Waals surface area (Å²) in [5.74, 6) is 8.02. The number of amides is 3. The van der Waals surface area contributed by atoms with Gasteiger partial charge in [0.05, 0.1) is 37.3 Å². The number of likely N-dealkylation sites (N-methyl/N-ethyl adjacent to an activating group) is 1. The van der Waals surface area contributed by atoms with Gasteiger partial charge in [-0.3, -0.25) is 14.5 Å². The van der Waals surface area contributed by atoms with Crippen LogP contribution in [-0.2, 0) is 14.3 Å². The molecule has 12 heteroatoms. The fourth-order valence-electron chi connectivity index (χ4n) is 9.24. The molecule has 63 heavy (non-hydrogen) atoms. The van der Waals surface area contributed by atoms with Crippen molar-refractivity contribution in [3.8, 4) is 34.2 Å². The highest BCUT2D eigenvalue weighted by atomic mass is 16.5. The van der Waals surface area contributed by atoms with Crippen LogP contribution >= 0.6 is 0 Å². The lowest BCUT2D eigenvalue weighted by atomic mass is 9.87. The number of allylic oxidation sites excluding steroid dienone is 3. The van der Waals surface area contributed by atoms with E-state index in [0.717, 1.165) is 90.1 Å². The van der Waals surface area contributed by atoms with Crippen LogP contribution in [0.25, 0.3) is 22.4 Å². The van der Waals surface area contributed by atoms with Gasteiger partial charge in [0.15, 0.2) is 0 Å². The zero-order valence-corrected chi connectivity index (χ0v) is 36.5. The molecule has 5 aromatic rings. The molecule has 3 amide bonds. The number of H-pyrrole nitrogens is 2. The Labute approximate surface area is 369 Å². The molecule has 3 N–H and O–H groups in total. The van der Waals surface area contributed by atoms with E-state index in [1.807, 2.05) is 58.5 Å². The quantitative estimate of drug-likeness (QED) is 0.107. The molecule has 12 nitrogen and oxygen atoms in total. The van der Waals surface area contributed by atoms with Crippen molar-refractivity contribution in [3.63, 3.8) is 0 Å². The molecule has 2 fully saturated rings. The van der Waals surface area contributed by atoms with Crippen molar-refractivity contribution in [1.29, 1.82) is 0 Å². The summed E-state index contributed by atoms with van der Waals surface area (Å²) < 4.78 is 4.88. The van der Waals surface area contributed by atoms with E-state index >= 15 is 0 Å². The molecule has 2 aliphatic heterocycles. The van der Waals surface area contributed by atoms with Gasteiger partial charge in [-0.25, -0.2) is 14.8 Å². The Morgan fingerprint density at radius 2 is 1.43 bits per heavy atom. The number of carbonyl (C=O) groups excluding carboxylic acids is 3. The van der Waals surface area contributed by atoms with Crippen LogP contribution in [0.1, 0.15) is 99.5 Å². The highest BCUT2D eigenvalue weighted by Gasteiger charge is 2.40. The maximum atomic E-state index is 14.2. The van der Waals surface area contributed by atoms with E-state index in [0.29, 0.717) is 24.6 Å². The average molecular weight is 845 g/mol. The molecule has 8 rings (SSSR count). The minimum atomic E-state index is -0.817. The number of benzene rings is 3. The summed E-state index contributed by atoms with van der Waals surface area (Å²) in [4.78, 5) is 63.0. The van der Waals surface area contributed by atoms with Gasteiger partial charge in [-0.1, -0.05) is 112 Å². The minimum absolute atomic E-state index is 0.0972. The number of rotatable bonds is 12. The topological polar surface area (TPSA) is 140 Å². The third-order valence-electron chi connectivity index (χ3n) is 12.7. The summed E-state index contributed by atoms with van der Waals surface area (Å²) in [7, 11) is 1.30. The van der Waals surface area contributed by atoms with Crippen molar-refractivity contribution in [3.05, 3.63) is 144 Å². The highest BCUT2D eigenvalue weighted by molar-refractivity contribution is 5.89. The summed E-state index contributed by atoms with van der Waals surface area (Å²) in [5.41, 5.74) is 7.50. The first-order valence-electron chi connectivity index (χ1n) is 22.2. The van der Waals surface area contributed by atoms with E-state index in [2.05, 4.69) is 112 Å². The summed E-state index contributed by atoms with van der Waals surface area (Å²) >= 11 is 0. The lowest BCUT2D eigenvalue weighted by Crippen LogP contribution is -2.50. The lowest BCUT2D eigenvalue weighted by Gasteiger charge is -2.34. The fraction of sp³-hybridized carbons (Fsp3) is 0.353. The van der Waals surface area contributed by atoms with E-state index in [1.54, 1.807) is 6.20 Å². The van der Waals surface area contributed by atoms with Crippen LogP contribution in [0.3, 0.4) is 0 Å². The number of aromatic amines is 2. The molecule has 2 saturated heterocycles. The van der Waals surface area contributed by atoms with Gasteiger partial charge in [0.1, 0.15) is 29.4 Å². The molecule has 2 aromatic heterocycles. The smallest absolute Gasteiger partial charge is 0.407 e. The number of carbonyl (C=O) groups is 3. The number of alkyl carbamates (subject to hydrolysis) is 1. The van der Waals surface area contributed by atoms with Crippen LogP contribution in [0.2, 0.25) is 0 Å². The van der Waals surface area contributed by atoms with E-state index in [4.69, 9.17) is 9.72 Å². The Hall–Kier alpha value is -6.71. The number of imidazole rings is 2. The minimum Gasteiger partial charge on any atom is -0.453 e.